The summed E-state index contributed by atoms with van der Waals surface area (Å²) in [6, 6.07) is 9.28. The molecule has 1 aliphatic heterocycles. The largest absolute Gasteiger partial charge is 0.481 e. The summed E-state index contributed by atoms with van der Waals surface area (Å²) in [6.07, 6.45) is -0.886. The Hall–Kier alpha value is -2.24. The maximum absolute atomic E-state index is 12.5. The predicted molar refractivity (Wildman–Crippen MR) is 90.9 cm³/mol. The van der Waals surface area contributed by atoms with Crippen LogP contribution in [0, 0.1) is 0 Å². The number of hydrogen-bond acceptors (Lipinski definition) is 4. The van der Waals surface area contributed by atoms with Crippen LogP contribution in [0.4, 0.5) is 4.79 Å². The molecule has 0 radical (unpaired) electrons. The molecule has 0 N–H and O–H groups in total. The van der Waals surface area contributed by atoms with Crippen LogP contribution >= 0.6 is 0 Å². The number of nitrogens with zero attached hydrogens (tertiary/aromatic N) is 2. The van der Waals surface area contributed by atoms with Crippen LogP contribution in [0.25, 0.3) is 0 Å². The average molecular weight is 334 g/mol. The zero-order valence-corrected chi connectivity index (χ0v) is 14.8. The van der Waals surface area contributed by atoms with Crippen LogP contribution in [0.15, 0.2) is 30.3 Å². The Labute approximate surface area is 143 Å². The zero-order chi connectivity index (χ0) is 17.7. The van der Waals surface area contributed by atoms with Crippen LogP contribution in [-0.4, -0.2) is 59.7 Å². The zero-order valence-electron chi connectivity index (χ0n) is 14.8. The highest BCUT2D eigenvalue weighted by Crippen LogP contribution is 2.15. The molecule has 6 nitrogen and oxygen atoms in total. The molecule has 24 heavy (non-hydrogen) atoms. The van der Waals surface area contributed by atoms with E-state index in [1.807, 2.05) is 51.1 Å². The van der Waals surface area contributed by atoms with Gasteiger partial charge in [-0.2, -0.15) is 0 Å². The first-order chi connectivity index (χ1) is 11.3. The molecule has 1 unspecified atom stereocenters. The van der Waals surface area contributed by atoms with Crippen molar-refractivity contribution in [3.05, 3.63) is 30.3 Å². The van der Waals surface area contributed by atoms with Crippen LogP contribution in [0.5, 0.6) is 5.75 Å². The van der Waals surface area contributed by atoms with Crippen molar-refractivity contribution in [3.8, 4) is 5.75 Å². The number of carbonyl (C=O) groups excluding carboxylic acids is 2. The predicted octanol–water partition coefficient (Wildman–Crippen LogP) is 2.53. The Morgan fingerprint density at radius 2 is 1.54 bits per heavy atom. The van der Waals surface area contributed by atoms with Gasteiger partial charge in [0.1, 0.15) is 11.4 Å². The van der Waals surface area contributed by atoms with Gasteiger partial charge in [0.15, 0.2) is 6.10 Å². The molecule has 2 amide bonds. The van der Waals surface area contributed by atoms with E-state index in [1.54, 1.807) is 16.7 Å². The summed E-state index contributed by atoms with van der Waals surface area (Å²) < 4.78 is 11.0. The van der Waals surface area contributed by atoms with E-state index in [0.29, 0.717) is 31.9 Å². The van der Waals surface area contributed by atoms with Gasteiger partial charge in [0.25, 0.3) is 5.91 Å². The van der Waals surface area contributed by atoms with Gasteiger partial charge in [-0.15, -0.1) is 0 Å². The van der Waals surface area contributed by atoms with E-state index in [4.69, 9.17) is 9.47 Å². The molecular weight excluding hydrogens is 308 g/mol. The van der Waals surface area contributed by atoms with E-state index < -0.39 is 11.7 Å². The molecule has 1 aromatic carbocycles. The number of rotatable bonds is 3. The van der Waals surface area contributed by atoms with Gasteiger partial charge in [-0.25, -0.2) is 4.79 Å². The molecule has 132 valence electrons. The number of benzene rings is 1. The summed E-state index contributed by atoms with van der Waals surface area (Å²) in [7, 11) is 0. The van der Waals surface area contributed by atoms with Crippen LogP contribution in [-0.2, 0) is 9.53 Å². The molecule has 1 aromatic rings. The minimum Gasteiger partial charge on any atom is -0.481 e. The second-order valence-corrected chi connectivity index (χ2v) is 6.87. The molecule has 1 fully saturated rings. The first kappa shape index (κ1) is 18.1. The Bertz CT molecular complexity index is 560. The van der Waals surface area contributed by atoms with Gasteiger partial charge in [0, 0.05) is 26.2 Å². The van der Waals surface area contributed by atoms with Crippen molar-refractivity contribution in [3.63, 3.8) is 0 Å². The Morgan fingerprint density at radius 3 is 2.08 bits per heavy atom. The third kappa shape index (κ3) is 5.15. The monoisotopic (exact) mass is 334 g/mol. The lowest BCUT2D eigenvalue weighted by Crippen LogP contribution is -2.53. The molecule has 2 rings (SSSR count). The molecular formula is C18H26N2O4. The number of amides is 2. The standard InChI is InChI=1S/C18H26N2O4/c1-14(23-15-8-6-5-7-9-15)16(21)19-10-12-20(13-11-19)17(22)24-18(2,3)4/h5-9,14H,10-13H2,1-4H3. The van der Waals surface area contributed by atoms with Crippen LogP contribution in [0.2, 0.25) is 0 Å². The number of carbonyl (C=O) groups is 2. The maximum atomic E-state index is 12.5. The van der Waals surface area contributed by atoms with Gasteiger partial charge in [0.2, 0.25) is 0 Å². The lowest BCUT2D eigenvalue weighted by Gasteiger charge is -2.36. The third-order valence-corrected chi connectivity index (χ3v) is 3.65. The van der Waals surface area contributed by atoms with E-state index in [2.05, 4.69) is 0 Å². The molecule has 0 spiro atoms. The molecule has 6 heteroatoms. The normalized spacial score (nSPS) is 16.5. The summed E-state index contributed by atoms with van der Waals surface area (Å²) in [4.78, 5) is 27.9. The minimum absolute atomic E-state index is 0.0670. The number of ether oxygens (including phenoxy) is 2. The Kier molecular flexibility index (Phi) is 5.70. The van der Waals surface area contributed by atoms with Gasteiger partial charge in [-0.05, 0) is 39.8 Å². The lowest BCUT2D eigenvalue weighted by atomic mass is 10.2. The highest BCUT2D eigenvalue weighted by molar-refractivity contribution is 5.81. The van der Waals surface area contributed by atoms with Gasteiger partial charge in [0.05, 0.1) is 0 Å². The second kappa shape index (κ2) is 7.55. The summed E-state index contributed by atoms with van der Waals surface area (Å²) in [5.74, 6) is 0.605. The summed E-state index contributed by atoms with van der Waals surface area (Å²) in [6.45, 7) is 9.18. The molecule has 1 saturated heterocycles. The molecule has 1 aliphatic rings. The van der Waals surface area contributed by atoms with Gasteiger partial charge < -0.3 is 19.3 Å². The summed E-state index contributed by atoms with van der Waals surface area (Å²) in [5.41, 5.74) is -0.512. The van der Waals surface area contributed by atoms with Crippen molar-refractivity contribution < 1.29 is 19.1 Å². The van der Waals surface area contributed by atoms with E-state index in [1.165, 1.54) is 0 Å². The smallest absolute Gasteiger partial charge is 0.410 e. The fraction of sp³-hybridized carbons (Fsp3) is 0.556. The fourth-order valence-corrected chi connectivity index (χ4v) is 2.45. The van der Waals surface area contributed by atoms with Crippen LogP contribution < -0.4 is 4.74 Å². The molecule has 0 aromatic heterocycles. The van der Waals surface area contributed by atoms with E-state index in [-0.39, 0.29) is 12.0 Å². The van der Waals surface area contributed by atoms with Gasteiger partial charge in [-0.1, -0.05) is 18.2 Å². The summed E-state index contributed by atoms with van der Waals surface area (Å²) >= 11 is 0. The van der Waals surface area contributed by atoms with Gasteiger partial charge in [-0.3, -0.25) is 4.79 Å². The van der Waals surface area contributed by atoms with E-state index in [9.17, 15) is 9.59 Å². The number of hydrogen-bond donors (Lipinski definition) is 0. The van der Waals surface area contributed by atoms with Crippen molar-refractivity contribution in [1.82, 2.24) is 9.80 Å². The van der Waals surface area contributed by atoms with E-state index >= 15 is 0 Å². The third-order valence-electron chi connectivity index (χ3n) is 3.65. The van der Waals surface area contributed by atoms with Crippen molar-refractivity contribution in [1.29, 1.82) is 0 Å². The minimum atomic E-state index is -0.555. The van der Waals surface area contributed by atoms with Crippen molar-refractivity contribution >= 4 is 12.0 Å². The van der Waals surface area contributed by atoms with Gasteiger partial charge >= 0.3 is 6.09 Å². The number of para-hydroxylation sites is 1. The fourth-order valence-electron chi connectivity index (χ4n) is 2.45. The second-order valence-electron chi connectivity index (χ2n) is 6.87. The van der Waals surface area contributed by atoms with Crippen molar-refractivity contribution in [2.24, 2.45) is 0 Å². The average Bonchev–Trinajstić information content (AvgIpc) is 2.53. The number of piperazine rings is 1. The Balaban J connectivity index is 1.83. The molecule has 0 bridgehead atoms. The highest BCUT2D eigenvalue weighted by Gasteiger charge is 2.29. The lowest BCUT2D eigenvalue weighted by molar-refractivity contribution is -0.139. The van der Waals surface area contributed by atoms with Crippen LogP contribution in [0.1, 0.15) is 27.7 Å². The first-order valence-electron chi connectivity index (χ1n) is 8.25. The molecule has 1 atom stereocenters. The van der Waals surface area contributed by atoms with Crippen molar-refractivity contribution in [2.45, 2.75) is 39.4 Å². The quantitative estimate of drug-likeness (QED) is 0.852. The molecule has 1 heterocycles. The highest BCUT2D eigenvalue weighted by atomic mass is 16.6. The topological polar surface area (TPSA) is 59.1 Å². The van der Waals surface area contributed by atoms with Crippen molar-refractivity contribution in [2.75, 3.05) is 26.2 Å². The molecule has 0 aliphatic carbocycles. The summed E-state index contributed by atoms with van der Waals surface area (Å²) in [5, 5.41) is 0. The Morgan fingerprint density at radius 1 is 1.00 bits per heavy atom. The van der Waals surface area contributed by atoms with Crippen LogP contribution in [0.3, 0.4) is 0 Å². The maximum Gasteiger partial charge on any atom is 0.410 e. The SMILES string of the molecule is CC(Oc1ccccc1)C(=O)N1CCN(C(=O)OC(C)(C)C)CC1. The molecule has 0 saturated carbocycles. The van der Waals surface area contributed by atoms with E-state index in [0.717, 1.165) is 0 Å². The first-order valence-corrected chi connectivity index (χ1v) is 8.25.